The van der Waals surface area contributed by atoms with Crippen LogP contribution in [-0.4, -0.2) is 52.9 Å². The molecule has 33 heavy (non-hydrogen) atoms. The Kier molecular flexibility index (Phi) is 10.8. The molecule has 3 unspecified atom stereocenters. The number of alkyl carbamates (subject to hydrolysis) is 1. The van der Waals surface area contributed by atoms with E-state index in [1.54, 1.807) is 52.0 Å². The molecule has 0 aromatic heterocycles. The highest BCUT2D eigenvalue weighted by Gasteiger charge is 2.36. The molecule has 4 amide bonds. The van der Waals surface area contributed by atoms with Gasteiger partial charge in [0.1, 0.15) is 17.7 Å². The summed E-state index contributed by atoms with van der Waals surface area (Å²) in [4.78, 5) is 52.1. The highest BCUT2D eigenvalue weighted by atomic mass is 16.6. The summed E-state index contributed by atoms with van der Waals surface area (Å²) in [6.45, 7) is 10.9. The fourth-order valence-corrected chi connectivity index (χ4v) is 3.45. The van der Waals surface area contributed by atoms with E-state index in [4.69, 9.17) is 10.5 Å². The molecular weight excluding hydrogens is 424 g/mol. The maximum atomic E-state index is 13.5. The van der Waals surface area contributed by atoms with Crippen LogP contribution in [0.15, 0.2) is 30.3 Å². The zero-order valence-corrected chi connectivity index (χ0v) is 20.5. The number of hydrogen-bond donors (Lipinski definition) is 3. The van der Waals surface area contributed by atoms with Crippen molar-refractivity contribution in [2.75, 3.05) is 6.54 Å². The maximum absolute atomic E-state index is 13.5. The second kappa shape index (κ2) is 12.8. The number of nitrogens with zero attached hydrogens (tertiary/aromatic N) is 1. The van der Waals surface area contributed by atoms with Crippen LogP contribution in [0.3, 0.4) is 0 Å². The van der Waals surface area contributed by atoms with Gasteiger partial charge in [0.2, 0.25) is 17.7 Å². The highest BCUT2D eigenvalue weighted by Crippen LogP contribution is 2.23. The summed E-state index contributed by atoms with van der Waals surface area (Å²) in [7, 11) is 0. The van der Waals surface area contributed by atoms with Crippen molar-refractivity contribution in [1.29, 1.82) is 0 Å². The van der Waals surface area contributed by atoms with Gasteiger partial charge in [-0.25, -0.2) is 4.79 Å². The van der Waals surface area contributed by atoms with Crippen molar-refractivity contribution in [3.8, 4) is 0 Å². The van der Waals surface area contributed by atoms with Crippen LogP contribution in [0.1, 0.15) is 72.4 Å². The molecule has 0 heterocycles. The van der Waals surface area contributed by atoms with Gasteiger partial charge in [-0.2, -0.15) is 0 Å². The van der Waals surface area contributed by atoms with Crippen LogP contribution >= 0.6 is 0 Å². The first kappa shape index (κ1) is 27.9. The van der Waals surface area contributed by atoms with E-state index >= 15 is 0 Å². The van der Waals surface area contributed by atoms with Gasteiger partial charge in [0.25, 0.3) is 0 Å². The number of nitrogens with one attached hydrogen (secondary N) is 2. The third kappa shape index (κ3) is 9.51. The predicted octanol–water partition coefficient (Wildman–Crippen LogP) is 2.65. The van der Waals surface area contributed by atoms with Crippen molar-refractivity contribution < 1.29 is 23.9 Å². The molecule has 184 valence electrons. The van der Waals surface area contributed by atoms with Gasteiger partial charge in [-0.05, 0) is 46.6 Å². The first-order valence-corrected chi connectivity index (χ1v) is 11.3. The average Bonchev–Trinajstić information content (AvgIpc) is 2.69. The van der Waals surface area contributed by atoms with Gasteiger partial charge >= 0.3 is 6.09 Å². The number of carbonyl (C=O) groups is 4. The third-order valence-electron chi connectivity index (χ3n) is 4.80. The van der Waals surface area contributed by atoms with Gasteiger partial charge < -0.3 is 26.0 Å². The maximum Gasteiger partial charge on any atom is 0.408 e. The molecule has 9 nitrogen and oxygen atoms in total. The molecule has 3 atom stereocenters. The Bertz CT molecular complexity index is 807. The summed E-state index contributed by atoms with van der Waals surface area (Å²) >= 11 is 0. The van der Waals surface area contributed by atoms with Gasteiger partial charge in [0, 0.05) is 12.6 Å². The first-order valence-electron chi connectivity index (χ1n) is 11.3. The normalized spacial score (nSPS) is 13.9. The zero-order chi connectivity index (χ0) is 25.2. The molecule has 0 bridgehead atoms. The highest BCUT2D eigenvalue weighted by molar-refractivity contribution is 5.94. The standard InChI is InChI=1S/C24H38N4O5/c1-7-12-16(3)26-21(30)20(17-13-10-9-11-14-17)28(8-2)22(31)18(15-19(25)29)27-23(32)33-24(4,5)6/h9-11,13-14,16,18,20H,7-8,12,15H2,1-6H3,(H2,25,29)(H,26,30)(H,27,32). The van der Waals surface area contributed by atoms with E-state index in [2.05, 4.69) is 10.6 Å². The van der Waals surface area contributed by atoms with E-state index in [-0.39, 0.29) is 18.5 Å². The third-order valence-corrected chi connectivity index (χ3v) is 4.80. The zero-order valence-electron chi connectivity index (χ0n) is 20.5. The van der Waals surface area contributed by atoms with Crippen LogP contribution in [0.25, 0.3) is 0 Å². The van der Waals surface area contributed by atoms with E-state index in [9.17, 15) is 19.2 Å². The lowest BCUT2D eigenvalue weighted by Crippen LogP contribution is -2.54. The SMILES string of the molecule is CCCC(C)NC(=O)C(c1ccccc1)N(CC)C(=O)C(CC(N)=O)NC(=O)OC(C)(C)C. The number of hydrogen-bond acceptors (Lipinski definition) is 5. The lowest BCUT2D eigenvalue weighted by Gasteiger charge is -2.34. The molecule has 4 N–H and O–H groups in total. The number of nitrogens with two attached hydrogens (primary N) is 1. The summed E-state index contributed by atoms with van der Waals surface area (Å²) in [6, 6.07) is 6.60. The monoisotopic (exact) mass is 462 g/mol. The van der Waals surface area contributed by atoms with E-state index < -0.39 is 42.0 Å². The first-order chi connectivity index (χ1) is 15.4. The van der Waals surface area contributed by atoms with Crippen LogP contribution in [0.2, 0.25) is 0 Å². The van der Waals surface area contributed by atoms with Crippen LogP contribution in [-0.2, 0) is 19.1 Å². The number of carbonyl (C=O) groups excluding carboxylic acids is 4. The number of amides is 4. The van der Waals surface area contributed by atoms with E-state index in [1.165, 1.54) is 4.90 Å². The van der Waals surface area contributed by atoms with Gasteiger partial charge in [0.05, 0.1) is 6.42 Å². The second-order valence-corrected chi connectivity index (χ2v) is 9.01. The fraction of sp³-hybridized carbons (Fsp3) is 0.583. The summed E-state index contributed by atoms with van der Waals surface area (Å²) in [5, 5.41) is 5.41. The van der Waals surface area contributed by atoms with Crippen molar-refractivity contribution in [3.63, 3.8) is 0 Å². The molecular formula is C24H38N4O5. The quantitative estimate of drug-likeness (QED) is 0.465. The van der Waals surface area contributed by atoms with Gasteiger partial charge in [0.15, 0.2) is 0 Å². The summed E-state index contributed by atoms with van der Waals surface area (Å²) in [6.07, 6.45) is 0.409. The fourth-order valence-electron chi connectivity index (χ4n) is 3.45. The van der Waals surface area contributed by atoms with E-state index in [0.717, 1.165) is 12.8 Å². The van der Waals surface area contributed by atoms with Crippen molar-refractivity contribution in [2.45, 2.75) is 84.5 Å². The molecule has 0 aliphatic carbocycles. The molecule has 0 spiro atoms. The van der Waals surface area contributed by atoms with Crippen LogP contribution in [0, 0.1) is 0 Å². The number of ether oxygens (including phenoxy) is 1. The summed E-state index contributed by atoms with van der Waals surface area (Å²) in [5.41, 5.74) is 5.16. The Labute approximate surface area is 196 Å². The Hall–Kier alpha value is -3.10. The smallest absolute Gasteiger partial charge is 0.408 e. The molecule has 0 radical (unpaired) electrons. The van der Waals surface area contributed by atoms with Crippen molar-refractivity contribution in [2.24, 2.45) is 5.73 Å². The topological polar surface area (TPSA) is 131 Å². The molecule has 1 aromatic carbocycles. The van der Waals surface area contributed by atoms with E-state index in [1.807, 2.05) is 19.9 Å². The number of likely N-dealkylation sites (N-methyl/N-ethyl adjacent to an activating group) is 1. The van der Waals surface area contributed by atoms with Crippen LogP contribution < -0.4 is 16.4 Å². The Morgan fingerprint density at radius 1 is 1.06 bits per heavy atom. The molecule has 0 fully saturated rings. The molecule has 0 aliphatic rings. The second-order valence-electron chi connectivity index (χ2n) is 9.01. The molecule has 1 rings (SSSR count). The Morgan fingerprint density at radius 3 is 2.15 bits per heavy atom. The molecule has 0 aliphatic heterocycles. The number of primary amides is 1. The van der Waals surface area contributed by atoms with Crippen molar-refractivity contribution in [1.82, 2.24) is 15.5 Å². The minimum absolute atomic E-state index is 0.0798. The summed E-state index contributed by atoms with van der Waals surface area (Å²) < 4.78 is 5.23. The number of rotatable bonds is 11. The van der Waals surface area contributed by atoms with Crippen molar-refractivity contribution >= 4 is 23.8 Å². The average molecular weight is 463 g/mol. The Balaban J connectivity index is 3.28. The molecule has 1 aromatic rings. The van der Waals surface area contributed by atoms with Crippen LogP contribution in [0.5, 0.6) is 0 Å². The van der Waals surface area contributed by atoms with Gasteiger partial charge in [-0.15, -0.1) is 0 Å². The largest absolute Gasteiger partial charge is 0.444 e. The Morgan fingerprint density at radius 2 is 1.67 bits per heavy atom. The van der Waals surface area contributed by atoms with Gasteiger partial charge in [-0.3, -0.25) is 14.4 Å². The molecule has 9 heteroatoms. The van der Waals surface area contributed by atoms with Crippen LogP contribution in [0.4, 0.5) is 4.79 Å². The lowest BCUT2D eigenvalue weighted by atomic mass is 10.0. The summed E-state index contributed by atoms with van der Waals surface area (Å²) in [5.74, 6) is -1.71. The molecule has 0 saturated carbocycles. The van der Waals surface area contributed by atoms with Crippen molar-refractivity contribution in [3.05, 3.63) is 35.9 Å². The molecule has 0 saturated heterocycles. The van der Waals surface area contributed by atoms with Gasteiger partial charge in [-0.1, -0.05) is 43.7 Å². The van der Waals surface area contributed by atoms with E-state index in [0.29, 0.717) is 5.56 Å². The minimum atomic E-state index is -1.27. The minimum Gasteiger partial charge on any atom is -0.444 e. The number of benzene rings is 1. The predicted molar refractivity (Wildman–Crippen MR) is 126 cm³/mol. The lowest BCUT2D eigenvalue weighted by molar-refractivity contribution is -0.143.